The summed E-state index contributed by atoms with van der Waals surface area (Å²) in [6.07, 6.45) is 0. The number of carbonyl (C=O) groups excluding carboxylic acids is 1. The van der Waals surface area contributed by atoms with Gasteiger partial charge >= 0.3 is 0 Å². The number of rotatable bonds is 2. The summed E-state index contributed by atoms with van der Waals surface area (Å²) in [5.41, 5.74) is 5.82. The minimum atomic E-state index is -0.596. The third kappa shape index (κ3) is 2.12. The van der Waals surface area contributed by atoms with Crippen LogP contribution < -0.4 is 11.3 Å². The second-order valence-corrected chi connectivity index (χ2v) is 4.10. The summed E-state index contributed by atoms with van der Waals surface area (Å²) in [6, 6.07) is 6.60. The maximum atomic E-state index is 11.6. The lowest BCUT2D eigenvalue weighted by atomic mass is 10.0. The SMILES string of the molecule is Cc1nc(-c2ccccc2C(N)=O)c(Cl)c(=O)[nH]1. The number of amides is 1. The van der Waals surface area contributed by atoms with Gasteiger partial charge in [-0.05, 0) is 13.0 Å². The molecule has 1 aromatic heterocycles. The Balaban J connectivity index is 2.77. The second-order valence-electron chi connectivity index (χ2n) is 3.72. The largest absolute Gasteiger partial charge is 0.366 e. The molecule has 92 valence electrons. The first kappa shape index (κ1) is 12.3. The summed E-state index contributed by atoms with van der Waals surface area (Å²) in [7, 11) is 0. The molecule has 5 nitrogen and oxygen atoms in total. The van der Waals surface area contributed by atoms with Gasteiger partial charge in [-0.1, -0.05) is 29.8 Å². The summed E-state index contributed by atoms with van der Waals surface area (Å²) in [5.74, 6) is -0.180. The summed E-state index contributed by atoms with van der Waals surface area (Å²) in [6.45, 7) is 1.63. The number of halogens is 1. The van der Waals surface area contributed by atoms with E-state index in [1.807, 2.05) is 0 Å². The number of nitrogens with one attached hydrogen (secondary N) is 1. The van der Waals surface area contributed by atoms with Crippen LogP contribution in [0.5, 0.6) is 0 Å². The van der Waals surface area contributed by atoms with Crippen LogP contribution in [0.2, 0.25) is 5.02 Å². The Morgan fingerprint density at radius 3 is 2.72 bits per heavy atom. The van der Waals surface area contributed by atoms with E-state index in [4.69, 9.17) is 17.3 Å². The van der Waals surface area contributed by atoms with E-state index in [1.165, 1.54) is 0 Å². The lowest BCUT2D eigenvalue weighted by molar-refractivity contribution is 0.100. The Labute approximate surface area is 108 Å². The molecule has 6 heteroatoms. The molecule has 0 aliphatic rings. The van der Waals surface area contributed by atoms with Crippen LogP contribution in [0.1, 0.15) is 16.2 Å². The Hall–Kier alpha value is -2.14. The number of nitrogens with two attached hydrogens (primary N) is 1. The van der Waals surface area contributed by atoms with Crippen LogP contribution in [-0.4, -0.2) is 15.9 Å². The van der Waals surface area contributed by atoms with Crippen LogP contribution in [0, 0.1) is 6.92 Å². The first-order valence-electron chi connectivity index (χ1n) is 5.16. The number of aromatic nitrogens is 2. The Bertz CT molecular complexity index is 679. The van der Waals surface area contributed by atoms with Crippen molar-refractivity contribution in [3.63, 3.8) is 0 Å². The van der Waals surface area contributed by atoms with Crippen LogP contribution in [-0.2, 0) is 0 Å². The van der Waals surface area contributed by atoms with Crippen LogP contribution >= 0.6 is 11.6 Å². The molecule has 0 unspecified atom stereocenters. The Kier molecular flexibility index (Phi) is 3.16. The molecular formula is C12H10ClN3O2. The number of carbonyl (C=O) groups is 1. The summed E-state index contributed by atoms with van der Waals surface area (Å²) in [4.78, 5) is 29.5. The quantitative estimate of drug-likeness (QED) is 0.860. The number of H-pyrrole nitrogens is 1. The van der Waals surface area contributed by atoms with E-state index in [0.29, 0.717) is 11.4 Å². The number of aryl methyl sites for hydroxylation is 1. The molecule has 1 aromatic carbocycles. The standard InChI is InChI=1S/C12H10ClN3O2/c1-6-15-10(9(13)12(18)16-6)7-4-2-3-5-8(7)11(14)17/h2-5H,1H3,(H2,14,17)(H,15,16,18). The fourth-order valence-electron chi connectivity index (χ4n) is 1.65. The van der Waals surface area contributed by atoms with Gasteiger partial charge in [0, 0.05) is 11.1 Å². The van der Waals surface area contributed by atoms with Gasteiger partial charge < -0.3 is 10.7 Å². The van der Waals surface area contributed by atoms with Crippen LogP contribution in [0.4, 0.5) is 0 Å². The van der Waals surface area contributed by atoms with Gasteiger partial charge in [-0.2, -0.15) is 0 Å². The maximum Gasteiger partial charge on any atom is 0.270 e. The predicted molar refractivity (Wildman–Crippen MR) is 68.6 cm³/mol. The van der Waals surface area contributed by atoms with Crippen molar-refractivity contribution >= 4 is 17.5 Å². The highest BCUT2D eigenvalue weighted by Crippen LogP contribution is 2.25. The topological polar surface area (TPSA) is 88.8 Å². The van der Waals surface area contributed by atoms with E-state index in [0.717, 1.165) is 0 Å². The third-order valence-electron chi connectivity index (χ3n) is 2.43. The fourth-order valence-corrected chi connectivity index (χ4v) is 1.85. The number of benzene rings is 1. The molecule has 1 heterocycles. The van der Waals surface area contributed by atoms with Gasteiger partial charge in [-0.3, -0.25) is 9.59 Å². The van der Waals surface area contributed by atoms with E-state index < -0.39 is 11.5 Å². The number of primary amides is 1. The van der Waals surface area contributed by atoms with Crippen LogP contribution in [0.25, 0.3) is 11.3 Å². The van der Waals surface area contributed by atoms with Crippen molar-refractivity contribution in [2.45, 2.75) is 6.92 Å². The molecular weight excluding hydrogens is 254 g/mol. The highest BCUT2D eigenvalue weighted by molar-refractivity contribution is 6.33. The molecule has 0 spiro atoms. The zero-order valence-corrected chi connectivity index (χ0v) is 10.3. The Morgan fingerprint density at radius 1 is 1.39 bits per heavy atom. The molecule has 0 fully saturated rings. The molecule has 2 aromatic rings. The van der Waals surface area contributed by atoms with Gasteiger partial charge in [-0.15, -0.1) is 0 Å². The van der Waals surface area contributed by atoms with Gasteiger partial charge in [0.2, 0.25) is 5.91 Å². The highest BCUT2D eigenvalue weighted by Gasteiger charge is 2.15. The van der Waals surface area contributed by atoms with Crippen molar-refractivity contribution in [3.05, 3.63) is 51.0 Å². The molecule has 1 amide bonds. The normalized spacial score (nSPS) is 10.3. The zero-order valence-electron chi connectivity index (χ0n) is 9.53. The lowest BCUT2D eigenvalue weighted by Crippen LogP contribution is -2.15. The van der Waals surface area contributed by atoms with E-state index in [2.05, 4.69) is 9.97 Å². The average Bonchev–Trinajstić information content (AvgIpc) is 2.33. The van der Waals surface area contributed by atoms with Crippen molar-refractivity contribution in [1.82, 2.24) is 9.97 Å². The third-order valence-corrected chi connectivity index (χ3v) is 2.78. The molecule has 0 aliphatic carbocycles. The van der Waals surface area contributed by atoms with E-state index in [-0.39, 0.29) is 16.3 Å². The minimum Gasteiger partial charge on any atom is -0.366 e. The zero-order chi connectivity index (χ0) is 13.3. The van der Waals surface area contributed by atoms with E-state index in [9.17, 15) is 9.59 Å². The molecule has 0 aliphatic heterocycles. The monoisotopic (exact) mass is 263 g/mol. The summed E-state index contributed by atoms with van der Waals surface area (Å²) >= 11 is 5.92. The predicted octanol–water partition coefficient (Wildman–Crippen LogP) is 1.50. The fraction of sp³-hybridized carbons (Fsp3) is 0.0833. The summed E-state index contributed by atoms with van der Waals surface area (Å²) < 4.78 is 0. The van der Waals surface area contributed by atoms with Crippen molar-refractivity contribution in [3.8, 4) is 11.3 Å². The van der Waals surface area contributed by atoms with E-state index >= 15 is 0 Å². The first-order valence-corrected chi connectivity index (χ1v) is 5.54. The highest BCUT2D eigenvalue weighted by atomic mass is 35.5. The molecule has 0 bridgehead atoms. The average molecular weight is 264 g/mol. The molecule has 3 N–H and O–H groups in total. The maximum absolute atomic E-state index is 11.6. The van der Waals surface area contributed by atoms with Gasteiger partial charge in [-0.25, -0.2) is 4.98 Å². The number of aromatic amines is 1. The van der Waals surface area contributed by atoms with Crippen molar-refractivity contribution in [1.29, 1.82) is 0 Å². The van der Waals surface area contributed by atoms with Crippen molar-refractivity contribution in [2.24, 2.45) is 5.73 Å². The second kappa shape index (κ2) is 4.62. The molecule has 0 saturated heterocycles. The van der Waals surface area contributed by atoms with E-state index in [1.54, 1.807) is 31.2 Å². The van der Waals surface area contributed by atoms with Gasteiger partial charge in [0.05, 0.1) is 5.69 Å². The van der Waals surface area contributed by atoms with Crippen molar-refractivity contribution in [2.75, 3.05) is 0 Å². The smallest absolute Gasteiger partial charge is 0.270 e. The molecule has 2 rings (SSSR count). The van der Waals surface area contributed by atoms with Gasteiger partial charge in [0.25, 0.3) is 5.56 Å². The number of hydrogen-bond acceptors (Lipinski definition) is 3. The van der Waals surface area contributed by atoms with Crippen LogP contribution in [0.15, 0.2) is 29.1 Å². The summed E-state index contributed by atoms with van der Waals surface area (Å²) in [5, 5.41) is -0.0608. The minimum absolute atomic E-state index is 0.0608. The van der Waals surface area contributed by atoms with Crippen LogP contribution in [0.3, 0.4) is 0 Å². The van der Waals surface area contributed by atoms with Crippen molar-refractivity contribution < 1.29 is 4.79 Å². The molecule has 0 saturated carbocycles. The molecule has 0 atom stereocenters. The lowest BCUT2D eigenvalue weighted by Gasteiger charge is -2.07. The van der Waals surface area contributed by atoms with Gasteiger partial charge in [0.15, 0.2) is 0 Å². The number of nitrogens with zero attached hydrogens (tertiary/aromatic N) is 1. The van der Waals surface area contributed by atoms with Gasteiger partial charge in [0.1, 0.15) is 10.8 Å². The number of hydrogen-bond donors (Lipinski definition) is 2. The first-order chi connectivity index (χ1) is 8.50. The molecule has 18 heavy (non-hydrogen) atoms. The molecule has 0 radical (unpaired) electrons. The Morgan fingerprint density at radius 2 is 2.06 bits per heavy atom.